The van der Waals surface area contributed by atoms with Crippen LogP contribution < -0.4 is 4.90 Å². The third kappa shape index (κ3) is 2.52. The highest BCUT2D eigenvalue weighted by atomic mass is 16.2. The first-order valence-corrected chi connectivity index (χ1v) is 6.98. The number of amides is 1. The molecule has 1 aliphatic rings. The molecule has 2 heterocycles. The first-order valence-electron chi connectivity index (χ1n) is 6.98. The highest BCUT2D eigenvalue weighted by Gasteiger charge is 2.22. The summed E-state index contributed by atoms with van der Waals surface area (Å²) in [5.41, 5.74) is 1.36. The number of carbonyl (C=O) groups excluding carboxylic acids is 1. The summed E-state index contributed by atoms with van der Waals surface area (Å²) in [4.78, 5) is 20.3. The molecule has 0 N–H and O–H groups in total. The Balaban J connectivity index is 2.06. The topological polar surface area (TPSA) is 60.2 Å². The van der Waals surface area contributed by atoms with Crippen molar-refractivity contribution in [2.45, 2.75) is 6.42 Å². The van der Waals surface area contributed by atoms with Gasteiger partial charge >= 0.3 is 0 Å². The molecule has 0 spiro atoms. The first kappa shape index (κ1) is 13.4. The molecule has 0 saturated carbocycles. The third-order valence-corrected chi connectivity index (χ3v) is 3.80. The molecular formula is C16H16N4O. The van der Waals surface area contributed by atoms with Gasteiger partial charge in [-0.1, -0.05) is 18.2 Å². The van der Waals surface area contributed by atoms with E-state index in [-0.39, 0.29) is 12.5 Å². The maximum absolute atomic E-state index is 12.0. The van der Waals surface area contributed by atoms with Crippen LogP contribution in [-0.4, -0.2) is 42.5 Å². The Labute approximate surface area is 123 Å². The number of para-hydroxylation sites is 1. The fourth-order valence-electron chi connectivity index (χ4n) is 2.60. The minimum absolute atomic E-state index is 0.0614. The zero-order chi connectivity index (χ0) is 14.8. The monoisotopic (exact) mass is 280 g/mol. The fraction of sp³-hybridized carbons (Fsp3) is 0.312. The van der Waals surface area contributed by atoms with Crippen LogP contribution in [0.3, 0.4) is 0 Å². The Morgan fingerprint density at radius 3 is 2.90 bits per heavy atom. The van der Waals surface area contributed by atoms with Gasteiger partial charge in [-0.15, -0.1) is 0 Å². The Morgan fingerprint density at radius 1 is 1.29 bits per heavy atom. The van der Waals surface area contributed by atoms with E-state index >= 15 is 0 Å². The van der Waals surface area contributed by atoms with Crippen molar-refractivity contribution in [3.05, 3.63) is 35.9 Å². The van der Waals surface area contributed by atoms with Gasteiger partial charge in [-0.05, 0) is 18.6 Å². The van der Waals surface area contributed by atoms with E-state index in [2.05, 4.69) is 11.1 Å². The minimum atomic E-state index is 0.0614. The molecule has 0 radical (unpaired) electrons. The zero-order valence-corrected chi connectivity index (χ0v) is 11.9. The number of likely N-dealkylation sites (N-methyl/N-ethyl adjacent to an activating group) is 1. The normalized spacial score (nSPS) is 15.9. The SMILES string of the molecule is CN1CCCN(c2nc3ccccc3cc2C#N)CC1=O. The number of hydrogen-bond donors (Lipinski definition) is 0. The number of anilines is 1. The van der Waals surface area contributed by atoms with E-state index in [9.17, 15) is 10.1 Å². The van der Waals surface area contributed by atoms with Crippen LogP contribution in [0.25, 0.3) is 10.9 Å². The van der Waals surface area contributed by atoms with E-state index in [0.717, 1.165) is 30.4 Å². The molecule has 21 heavy (non-hydrogen) atoms. The number of nitrogens with zero attached hydrogens (tertiary/aromatic N) is 4. The molecular weight excluding hydrogens is 264 g/mol. The predicted octanol–water partition coefficient (Wildman–Crippen LogP) is 1.77. The zero-order valence-electron chi connectivity index (χ0n) is 11.9. The number of fused-ring (bicyclic) bond motifs is 1. The third-order valence-electron chi connectivity index (χ3n) is 3.80. The second-order valence-electron chi connectivity index (χ2n) is 5.25. The molecule has 0 bridgehead atoms. The molecule has 0 atom stereocenters. The van der Waals surface area contributed by atoms with Gasteiger partial charge in [-0.25, -0.2) is 4.98 Å². The van der Waals surface area contributed by atoms with Crippen LogP contribution in [0.15, 0.2) is 30.3 Å². The Hall–Kier alpha value is -2.61. The van der Waals surface area contributed by atoms with Crippen molar-refractivity contribution in [3.63, 3.8) is 0 Å². The molecule has 2 aromatic rings. The molecule has 106 valence electrons. The number of carbonyl (C=O) groups is 1. The van der Waals surface area contributed by atoms with Gasteiger partial charge in [0.25, 0.3) is 0 Å². The second-order valence-corrected chi connectivity index (χ2v) is 5.25. The van der Waals surface area contributed by atoms with Gasteiger partial charge in [0.1, 0.15) is 11.9 Å². The molecule has 1 aromatic carbocycles. The summed E-state index contributed by atoms with van der Waals surface area (Å²) >= 11 is 0. The van der Waals surface area contributed by atoms with Crippen molar-refractivity contribution in [2.75, 3.05) is 31.6 Å². The summed E-state index contributed by atoms with van der Waals surface area (Å²) in [5, 5.41) is 10.3. The summed E-state index contributed by atoms with van der Waals surface area (Å²) in [6, 6.07) is 11.8. The Bertz CT molecular complexity index is 735. The van der Waals surface area contributed by atoms with Gasteiger partial charge in [0.2, 0.25) is 5.91 Å². The first-order chi connectivity index (χ1) is 10.2. The van der Waals surface area contributed by atoms with Crippen LogP contribution in [0.1, 0.15) is 12.0 Å². The van der Waals surface area contributed by atoms with Crippen LogP contribution in [0.5, 0.6) is 0 Å². The Kier molecular flexibility index (Phi) is 3.44. The van der Waals surface area contributed by atoms with Crippen molar-refractivity contribution in [1.29, 1.82) is 5.26 Å². The summed E-state index contributed by atoms with van der Waals surface area (Å²) in [5.74, 6) is 0.672. The van der Waals surface area contributed by atoms with Crippen LogP contribution in [0, 0.1) is 11.3 Å². The number of nitriles is 1. The number of aromatic nitrogens is 1. The maximum Gasteiger partial charge on any atom is 0.241 e. The summed E-state index contributed by atoms with van der Waals surface area (Å²) in [6.07, 6.45) is 0.877. The molecule has 0 unspecified atom stereocenters. The number of rotatable bonds is 1. The number of pyridine rings is 1. The average molecular weight is 280 g/mol. The van der Waals surface area contributed by atoms with Gasteiger partial charge in [0.05, 0.1) is 17.6 Å². The van der Waals surface area contributed by atoms with Crippen molar-refractivity contribution < 1.29 is 4.79 Å². The minimum Gasteiger partial charge on any atom is -0.346 e. The number of hydrogen-bond acceptors (Lipinski definition) is 4. The van der Waals surface area contributed by atoms with Gasteiger partial charge < -0.3 is 9.80 Å². The van der Waals surface area contributed by atoms with Crippen molar-refractivity contribution in [2.24, 2.45) is 0 Å². The fourth-order valence-corrected chi connectivity index (χ4v) is 2.60. The predicted molar refractivity (Wildman–Crippen MR) is 80.9 cm³/mol. The molecule has 5 nitrogen and oxygen atoms in total. The van der Waals surface area contributed by atoms with Gasteiger partial charge in [0, 0.05) is 25.5 Å². The van der Waals surface area contributed by atoms with Crippen LogP contribution in [-0.2, 0) is 4.79 Å². The van der Waals surface area contributed by atoms with Crippen molar-refractivity contribution in [1.82, 2.24) is 9.88 Å². The van der Waals surface area contributed by atoms with E-state index in [1.165, 1.54) is 0 Å². The molecule has 5 heteroatoms. The summed E-state index contributed by atoms with van der Waals surface area (Å²) in [7, 11) is 1.81. The maximum atomic E-state index is 12.0. The van der Waals surface area contributed by atoms with E-state index in [0.29, 0.717) is 11.4 Å². The van der Waals surface area contributed by atoms with Gasteiger partial charge in [-0.3, -0.25) is 4.79 Å². The molecule has 1 saturated heterocycles. The van der Waals surface area contributed by atoms with E-state index in [1.54, 1.807) is 4.90 Å². The molecule has 1 fully saturated rings. The standard InChI is InChI=1S/C16H16N4O/c1-19-7-4-8-20(11-15(19)21)16-13(10-17)9-12-5-2-3-6-14(12)18-16/h2-3,5-6,9H,4,7-8,11H2,1H3. The largest absolute Gasteiger partial charge is 0.346 e. The number of benzene rings is 1. The lowest BCUT2D eigenvalue weighted by Crippen LogP contribution is -2.35. The molecule has 0 aliphatic carbocycles. The Morgan fingerprint density at radius 2 is 2.10 bits per heavy atom. The lowest BCUT2D eigenvalue weighted by Gasteiger charge is -2.22. The van der Waals surface area contributed by atoms with Gasteiger partial charge in [-0.2, -0.15) is 5.26 Å². The van der Waals surface area contributed by atoms with Crippen LogP contribution >= 0.6 is 0 Å². The quantitative estimate of drug-likeness (QED) is 0.799. The molecule has 3 rings (SSSR count). The van der Waals surface area contributed by atoms with Gasteiger partial charge in [0.15, 0.2) is 0 Å². The smallest absolute Gasteiger partial charge is 0.241 e. The summed E-state index contributed by atoms with van der Waals surface area (Å²) < 4.78 is 0. The highest BCUT2D eigenvalue weighted by Crippen LogP contribution is 2.24. The molecule has 1 aliphatic heterocycles. The molecule has 1 amide bonds. The molecule has 1 aromatic heterocycles. The van der Waals surface area contributed by atoms with Crippen molar-refractivity contribution >= 4 is 22.6 Å². The second kappa shape index (κ2) is 5.41. The van der Waals surface area contributed by atoms with E-state index in [1.807, 2.05) is 42.3 Å². The average Bonchev–Trinajstić information content (AvgIpc) is 2.68. The summed E-state index contributed by atoms with van der Waals surface area (Å²) in [6.45, 7) is 1.75. The van der Waals surface area contributed by atoms with Crippen molar-refractivity contribution in [3.8, 4) is 6.07 Å². The van der Waals surface area contributed by atoms with E-state index in [4.69, 9.17) is 0 Å². The van der Waals surface area contributed by atoms with E-state index < -0.39 is 0 Å². The highest BCUT2D eigenvalue weighted by molar-refractivity contribution is 5.85. The van der Waals surface area contributed by atoms with Crippen LogP contribution in [0.4, 0.5) is 5.82 Å². The lowest BCUT2D eigenvalue weighted by molar-refractivity contribution is -0.127. The lowest BCUT2D eigenvalue weighted by atomic mass is 10.1. The van der Waals surface area contributed by atoms with Crippen LogP contribution in [0.2, 0.25) is 0 Å².